The van der Waals surface area contributed by atoms with Gasteiger partial charge in [0.25, 0.3) is 5.91 Å². The molecule has 6 heteroatoms. The average molecular weight is 390 g/mol. The first-order valence-electron chi connectivity index (χ1n) is 5.15. The van der Waals surface area contributed by atoms with E-state index in [0.29, 0.717) is 12.1 Å². The lowest BCUT2D eigenvalue weighted by atomic mass is 10.2. The van der Waals surface area contributed by atoms with Crippen molar-refractivity contribution >= 4 is 49.1 Å². The van der Waals surface area contributed by atoms with E-state index in [-0.39, 0.29) is 5.91 Å². The summed E-state index contributed by atoms with van der Waals surface area (Å²) >= 11 is 8.29. The van der Waals surface area contributed by atoms with Crippen molar-refractivity contribution in [2.45, 2.75) is 6.54 Å². The third-order valence-corrected chi connectivity index (χ3v) is 3.89. The van der Waals surface area contributed by atoms with Crippen molar-refractivity contribution in [3.8, 4) is 0 Å². The highest BCUT2D eigenvalue weighted by Crippen LogP contribution is 2.21. The van der Waals surface area contributed by atoms with Crippen LogP contribution in [-0.2, 0) is 6.54 Å². The van der Waals surface area contributed by atoms with Crippen LogP contribution in [0.15, 0.2) is 38.0 Å². The van der Waals surface area contributed by atoms with Gasteiger partial charge in [0.05, 0.1) is 17.7 Å². The molecule has 0 fully saturated rings. The molecular weight excluding hydrogens is 380 g/mol. The molecule has 94 valence electrons. The first kappa shape index (κ1) is 13.7. The Morgan fingerprint density at radius 1 is 1.33 bits per heavy atom. The second-order valence-electron chi connectivity index (χ2n) is 3.80. The molecule has 0 atom stereocenters. The average Bonchev–Trinajstić information content (AvgIpc) is 2.79. The molecule has 1 heterocycles. The van der Waals surface area contributed by atoms with Crippen molar-refractivity contribution in [3.05, 3.63) is 49.3 Å². The SMILES string of the molecule is CN(Cc1cscn1)C(=O)c1cc(Br)cc(Br)c1. The van der Waals surface area contributed by atoms with Gasteiger partial charge >= 0.3 is 0 Å². The van der Waals surface area contributed by atoms with Crippen LogP contribution in [0.1, 0.15) is 16.1 Å². The number of halogens is 2. The monoisotopic (exact) mass is 388 g/mol. The van der Waals surface area contributed by atoms with Crippen LogP contribution in [0, 0.1) is 0 Å². The molecule has 0 bridgehead atoms. The van der Waals surface area contributed by atoms with E-state index >= 15 is 0 Å². The molecule has 1 aromatic carbocycles. The van der Waals surface area contributed by atoms with Crippen molar-refractivity contribution in [1.82, 2.24) is 9.88 Å². The lowest BCUT2D eigenvalue weighted by molar-refractivity contribution is 0.0783. The largest absolute Gasteiger partial charge is 0.336 e. The zero-order valence-corrected chi connectivity index (χ0v) is 13.5. The van der Waals surface area contributed by atoms with E-state index in [2.05, 4.69) is 36.8 Å². The first-order chi connectivity index (χ1) is 8.56. The van der Waals surface area contributed by atoms with E-state index in [0.717, 1.165) is 14.6 Å². The molecule has 1 aromatic heterocycles. The molecule has 0 aliphatic rings. The standard InChI is InChI=1S/C12H10Br2N2OS/c1-16(5-11-6-18-7-15-11)12(17)8-2-9(13)4-10(14)3-8/h2-4,6-7H,5H2,1H3. The Morgan fingerprint density at radius 3 is 2.56 bits per heavy atom. The molecule has 0 saturated heterocycles. The molecule has 0 N–H and O–H groups in total. The highest BCUT2D eigenvalue weighted by molar-refractivity contribution is 9.11. The first-order valence-corrected chi connectivity index (χ1v) is 7.68. The van der Waals surface area contributed by atoms with Gasteiger partial charge in [-0.3, -0.25) is 4.79 Å². The van der Waals surface area contributed by atoms with Gasteiger partial charge in [0.15, 0.2) is 0 Å². The summed E-state index contributed by atoms with van der Waals surface area (Å²) in [6, 6.07) is 5.52. The van der Waals surface area contributed by atoms with Gasteiger partial charge in [-0.15, -0.1) is 11.3 Å². The molecule has 0 spiro atoms. The summed E-state index contributed by atoms with van der Waals surface area (Å²) < 4.78 is 1.75. The van der Waals surface area contributed by atoms with Crippen molar-refractivity contribution in [2.24, 2.45) is 0 Å². The third-order valence-electron chi connectivity index (χ3n) is 2.34. The summed E-state index contributed by atoms with van der Waals surface area (Å²) in [5.41, 5.74) is 3.32. The fourth-order valence-electron chi connectivity index (χ4n) is 1.53. The van der Waals surface area contributed by atoms with Crippen LogP contribution in [0.2, 0.25) is 0 Å². The minimum Gasteiger partial charge on any atom is -0.336 e. The quantitative estimate of drug-likeness (QED) is 0.796. The highest BCUT2D eigenvalue weighted by Gasteiger charge is 2.13. The van der Waals surface area contributed by atoms with Gasteiger partial charge in [0.2, 0.25) is 0 Å². The van der Waals surface area contributed by atoms with E-state index in [1.54, 1.807) is 17.5 Å². The molecule has 0 saturated carbocycles. The molecule has 0 aliphatic carbocycles. The molecule has 0 aliphatic heterocycles. The molecule has 0 unspecified atom stereocenters. The fourth-order valence-corrected chi connectivity index (χ4v) is 3.37. The lowest BCUT2D eigenvalue weighted by Gasteiger charge is -2.16. The number of aromatic nitrogens is 1. The minimum absolute atomic E-state index is 0.0231. The van der Waals surface area contributed by atoms with E-state index in [1.807, 2.05) is 23.6 Å². The predicted octanol–water partition coefficient (Wildman–Crippen LogP) is 3.94. The Morgan fingerprint density at radius 2 is 2.00 bits per heavy atom. The Labute approximate surface area is 126 Å². The summed E-state index contributed by atoms with van der Waals surface area (Å²) in [7, 11) is 1.77. The van der Waals surface area contributed by atoms with Gasteiger partial charge in [-0.1, -0.05) is 31.9 Å². The number of amides is 1. The van der Waals surface area contributed by atoms with Crippen molar-refractivity contribution in [1.29, 1.82) is 0 Å². The van der Waals surface area contributed by atoms with Gasteiger partial charge in [-0.2, -0.15) is 0 Å². The molecule has 1 amide bonds. The summed E-state index contributed by atoms with van der Waals surface area (Å²) in [4.78, 5) is 18.1. The van der Waals surface area contributed by atoms with E-state index < -0.39 is 0 Å². The van der Waals surface area contributed by atoms with Gasteiger partial charge in [0, 0.05) is 26.9 Å². The Balaban J connectivity index is 2.15. The summed E-state index contributed by atoms with van der Waals surface area (Å²) in [5.74, 6) is -0.0231. The van der Waals surface area contributed by atoms with Gasteiger partial charge in [0.1, 0.15) is 0 Å². The number of thiazole rings is 1. The maximum absolute atomic E-state index is 12.2. The molecule has 0 radical (unpaired) electrons. The normalized spacial score (nSPS) is 10.4. The highest BCUT2D eigenvalue weighted by atomic mass is 79.9. The molecule has 18 heavy (non-hydrogen) atoms. The van der Waals surface area contributed by atoms with Crippen LogP contribution in [-0.4, -0.2) is 22.8 Å². The van der Waals surface area contributed by atoms with Crippen LogP contribution < -0.4 is 0 Å². The number of rotatable bonds is 3. The number of carbonyl (C=O) groups excluding carboxylic acids is 1. The van der Waals surface area contributed by atoms with Crippen LogP contribution in [0.25, 0.3) is 0 Å². The Hall–Kier alpha value is -0.720. The fraction of sp³-hybridized carbons (Fsp3) is 0.167. The maximum atomic E-state index is 12.2. The minimum atomic E-state index is -0.0231. The van der Waals surface area contributed by atoms with E-state index in [1.165, 1.54) is 11.3 Å². The van der Waals surface area contributed by atoms with Crippen LogP contribution in [0.5, 0.6) is 0 Å². The third kappa shape index (κ3) is 3.40. The number of hydrogen-bond acceptors (Lipinski definition) is 3. The van der Waals surface area contributed by atoms with Gasteiger partial charge < -0.3 is 4.90 Å². The van der Waals surface area contributed by atoms with Crippen molar-refractivity contribution in [2.75, 3.05) is 7.05 Å². The second-order valence-corrected chi connectivity index (χ2v) is 6.35. The molecular formula is C12H10Br2N2OS. The van der Waals surface area contributed by atoms with Crippen LogP contribution in [0.3, 0.4) is 0 Å². The summed E-state index contributed by atoms with van der Waals surface area (Å²) in [6.07, 6.45) is 0. The van der Waals surface area contributed by atoms with Crippen molar-refractivity contribution in [3.63, 3.8) is 0 Å². The van der Waals surface area contributed by atoms with E-state index in [4.69, 9.17) is 0 Å². The van der Waals surface area contributed by atoms with Gasteiger partial charge in [-0.25, -0.2) is 4.98 Å². The Bertz CT molecular complexity index is 537. The van der Waals surface area contributed by atoms with Crippen molar-refractivity contribution < 1.29 is 4.79 Å². The number of nitrogens with zero attached hydrogens (tertiary/aromatic N) is 2. The van der Waals surface area contributed by atoms with Gasteiger partial charge in [-0.05, 0) is 18.2 Å². The summed E-state index contributed by atoms with van der Waals surface area (Å²) in [5, 5.41) is 1.95. The molecule has 2 rings (SSSR count). The summed E-state index contributed by atoms with van der Waals surface area (Å²) in [6.45, 7) is 0.520. The molecule has 3 nitrogen and oxygen atoms in total. The topological polar surface area (TPSA) is 33.2 Å². The Kier molecular flexibility index (Phi) is 4.53. The zero-order chi connectivity index (χ0) is 13.1. The van der Waals surface area contributed by atoms with E-state index in [9.17, 15) is 4.79 Å². The number of carbonyl (C=O) groups is 1. The van der Waals surface area contributed by atoms with Crippen LogP contribution >= 0.6 is 43.2 Å². The smallest absolute Gasteiger partial charge is 0.254 e. The second kappa shape index (κ2) is 5.95. The zero-order valence-electron chi connectivity index (χ0n) is 9.56. The number of benzene rings is 1. The number of hydrogen-bond donors (Lipinski definition) is 0. The van der Waals surface area contributed by atoms with Crippen LogP contribution in [0.4, 0.5) is 0 Å². The maximum Gasteiger partial charge on any atom is 0.254 e. The predicted molar refractivity (Wildman–Crippen MR) is 79.8 cm³/mol. The lowest BCUT2D eigenvalue weighted by Crippen LogP contribution is -2.26. The molecule has 2 aromatic rings.